The van der Waals surface area contributed by atoms with Crippen molar-refractivity contribution in [2.75, 3.05) is 7.11 Å². The molecule has 1 aliphatic heterocycles. The van der Waals surface area contributed by atoms with Crippen LogP contribution in [0, 0.1) is 5.92 Å². The highest BCUT2D eigenvalue weighted by Crippen LogP contribution is 2.40. The number of methoxy groups -OCH3 is 1. The van der Waals surface area contributed by atoms with Crippen molar-refractivity contribution in [2.45, 2.75) is 20.0 Å². The lowest BCUT2D eigenvalue weighted by Gasteiger charge is -2.28. The molecule has 2 unspecified atom stereocenters. The van der Waals surface area contributed by atoms with Crippen molar-refractivity contribution in [1.82, 2.24) is 0 Å². The quantitative estimate of drug-likeness (QED) is 0.747. The van der Waals surface area contributed by atoms with Crippen molar-refractivity contribution >= 4 is 16.8 Å². The summed E-state index contributed by atoms with van der Waals surface area (Å²) in [5.41, 5.74) is 0.0479. The van der Waals surface area contributed by atoms with Crippen LogP contribution in [0.3, 0.4) is 0 Å². The molecule has 2 heterocycles. The van der Waals surface area contributed by atoms with Gasteiger partial charge in [-0.05, 0) is 13.0 Å². The fourth-order valence-electron chi connectivity index (χ4n) is 2.42. The molecule has 1 aromatic carbocycles. The van der Waals surface area contributed by atoms with Crippen molar-refractivity contribution in [2.24, 2.45) is 5.92 Å². The highest BCUT2D eigenvalue weighted by molar-refractivity contribution is 6.11. The SMILES string of the molecule is COc1cc2c(c3oc(=O)ccc13)C(=O)C(C)C(C)O2. The van der Waals surface area contributed by atoms with E-state index in [4.69, 9.17) is 13.9 Å². The first-order chi connectivity index (χ1) is 9.52. The van der Waals surface area contributed by atoms with E-state index in [9.17, 15) is 9.59 Å². The third kappa shape index (κ3) is 1.70. The molecule has 1 aliphatic rings. The predicted octanol–water partition coefficient (Wildman–Crippen LogP) is 2.40. The van der Waals surface area contributed by atoms with Crippen LogP contribution >= 0.6 is 0 Å². The average molecular weight is 274 g/mol. The predicted molar refractivity (Wildman–Crippen MR) is 72.6 cm³/mol. The second kappa shape index (κ2) is 4.37. The molecular formula is C15H14O5. The molecule has 0 radical (unpaired) electrons. The van der Waals surface area contributed by atoms with E-state index >= 15 is 0 Å². The van der Waals surface area contributed by atoms with E-state index in [-0.39, 0.29) is 23.4 Å². The van der Waals surface area contributed by atoms with E-state index in [1.807, 2.05) is 6.92 Å². The lowest BCUT2D eigenvalue weighted by Crippen LogP contribution is -2.33. The minimum Gasteiger partial charge on any atom is -0.496 e. The summed E-state index contributed by atoms with van der Waals surface area (Å²) in [5.74, 6) is 0.543. The van der Waals surface area contributed by atoms with Crippen molar-refractivity contribution in [3.05, 3.63) is 34.2 Å². The Bertz CT molecular complexity index is 759. The summed E-state index contributed by atoms with van der Waals surface area (Å²) in [5, 5.41) is 0.588. The van der Waals surface area contributed by atoms with Crippen LogP contribution in [-0.4, -0.2) is 19.0 Å². The van der Waals surface area contributed by atoms with Gasteiger partial charge in [0.05, 0.1) is 18.4 Å². The first-order valence-corrected chi connectivity index (χ1v) is 6.38. The van der Waals surface area contributed by atoms with Crippen molar-refractivity contribution in [1.29, 1.82) is 0 Å². The monoisotopic (exact) mass is 274 g/mol. The summed E-state index contributed by atoms with van der Waals surface area (Å²) in [6.45, 7) is 3.64. The largest absolute Gasteiger partial charge is 0.496 e. The molecule has 0 saturated carbocycles. The molecule has 2 atom stereocenters. The zero-order chi connectivity index (χ0) is 14.4. The molecule has 1 aromatic heterocycles. The number of ether oxygens (including phenoxy) is 2. The number of ketones is 1. The summed E-state index contributed by atoms with van der Waals surface area (Å²) in [4.78, 5) is 23.9. The number of Topliss-reactive ketones (excluding diaryl/α,β-unsaturated/α-hetero) is 1. The van der Waals surface area contributed by atoms with Gasteiger partial charge in [0.1, 0.15) is 23.2 Å². The van der Waals surface area contributed by atoms with Gasteiger partial charge in [0, 0.05) is 12.1 Å². The highest BCUT2D eigenvalue weighted by atomic mass is 16.5. The molecule has 104 valence electrons. The lowest BCUT2D eigenvalue weighted by atomic mass is 9.90. The molecule has 0 aliphatic carbocycles. The van der Waals surface area contributed by atoms with E-state index in [0.29, 0.717) is 22.4 Å². The van der Waals surface area contributed by atoms with Crippen LogP contribution < -0.4 is 15.1 Å². The molecule has 0 fully saturated rings. The maximum Gasteiger partial charge on any atom is 0.336 e. The van der Waals surface area contributed by atoms with Crippen molar-refractivity contribution < 1.29 is 18.7 Å². The Morgan fingerprint density at radius 2 is 1.95 bits per heavy atom. The topological polar surface area (TPSA) is 65.7 Å². The number of fused-ring (bicyclic) bond motifs is 3. The Morgan fingerprint density at radius 1 is 1.20 bits per heavy atom. The van der Waals surface area contributed by atoms with Gasteiger partial charge in [0.15, 0.2) is 11.4 Å². The van der Waals surface area contributed by atoms with Crippen molar-refractivity contribution in [3.63, 3.8) is 0 Å². The lowest BCUT2D eigenvalue weighted by molar-refractivity contribution is 0.0731. The van der Waals surface area contributed by atoms with Crippen LogP contribution in [0.25, 0.3) is 11.0 Å². The van der Waals surface area contributed by atoms with Crippen LogP contribution in [0.1, 0.15) is 24.2 Å². The van der Waals surface area contributed by atoms with E-state index in [2.05, 4.69) is 0 Å². The first kappa shape index (κ1) is 12.7. The van der Waals surface area contributed by atoms with Gasteiger partial charge in [0.25, 0.3) is 0 Å². The molecule has 20 heavy (non-hydrogen) atoms. The third-order valence-electron chi connectivity index (χ3n) is 3.73. The fraction of sp³-hybridized carbons (Fsp3) is 0.333. The van der Waals surface area contributed by atoms with Gasteiger partial charge in [-0.1, -0.05) is 6.92 Å². The Balaban J connectivity index is 2.42. The van der Waals surface area contributed by atoms with Gasteiger partial charge in [-0.15, -0.1) is 0 Å². The van der Waals surface area contributed by atoms with Gasteiger partial charge in [-0.2, -0.15) is 0 Å². The van der Waals surface area contributed by atoms with Crippen LogP contribution in [0.2, 0.25) is 0 Å². The van der Waals surface area contributed by atoms with Crippen LogP contribution in [-0.2, 0) is 0 Å². The number of carbonyl (C=O) groups is 1. The summed E-state index contributed by atoms with van der Waals surface area (Å²) in [6.07, 6.45) is -0.229. The minimum absolute atomic E-state index is 0.0826. The Morgan fingerprint density at radius 3 is 2.65 bits per heavy atom. The minimum atomic E-state index is -0.507. The molecule has 0 N–H and O–H groups in total. The number of hydrogen-bond acceptors (Lipinski definition) is 5. The Kier molecular flexibility index (Phi) is 2.78. The highest BCUT2D eigenvalue weighted by Gasteiger charge is 2.34. The standard InChI is InChI=1S/C15H14O5/c1-7-8(2)19-11-6-10(18-3)9-4-5-12(16)20-15(9)13(11)14(7)17/h4-8H,1-3H3. The summed E-state index contributed by atoms with van der Waals surface area (Å²) in [7, 11) is 1.52. The maximum atomic E-state index is 12.5. The van der Waals surface area contributed by atoms with E-state index in [1.54, 1.807) is 19.1 Å². The number of rotatable bonds is 1. The number of benzene rings is 1. The summed E-state index contributed by atoms with van der Waals surface area (Å²) < 4.78 is 16.2. The number of hydrogen-bond donors (Lipinski definition) is 0. The van der Waals surface area contributed by atoms with Gasteiger partial charge in [-0.25, -0.2) is 4.79 Å². The maximum absolute atomic E-state index is 12.5. The molecule has 5 heteroatoms. The van der Waals surface area contributed by atoms with Gasteiger partial charge in [-0.3, -0.25) is 4.79 Å². The average Bonchev–Trinajstić information content (AvgIpc) is 2.43. The van der Waals surface area contributed by atoms with E-state index in [0.717, 1.165) is 0 Å². The van der Waals surface area contributed by atoms with Crippen LogP contribution in [0.15, 0.2) is 27.4 Å². The van der Waals surface area contributed by atoms with Gasteiger partial charge >= 0.3 is 5.63 Å². The smallest absolute Gasteiger partial charge is 0.336 e. The van der Waals surface area contributed by atoms with E-state index < -0.39 is 5.63 Å². The zero-order valence-electron chi connectivity index (χ0n) is 11.4. The number of carbonyl (C=O) groups excluding carboxylic acids is 1. The molecule has 0 spiro atoms. The normalized spacial score (nSPS) is 21.4. The second-order valence-corrected chi connectivity index (χ2v) is 4.93. The van der Waals surface area contributed by atoms with Gasteiger partial charge in [0.2, 0.25) is 0 Å². The van der Waals surface area contributed by atoms with Crippen LogP contribution in [0.4, 0.5) is 0 Å². The molecule has 0 amide bonds. The zero-order valence-corrected chi connectivity index (χ0v) is 11.4. The Labute approximate surface area is 115 Å². The summed E-state index contributed by atoms with van der Waals surface area (Å²) in [6, 6.07) is 4.56. The fourth-order valence-corrected chi connectivity index (χ4v) is 2.42. The summed E-state index contributed by atoms with van der Waals surface area (Å²) >= 11 is 0. The first-order valence-electron chi connectivity index (χ1n) is 6.38. The molecule has 0 bridgehead atoms. The molecular weight excluding hydrogens is 260 g/mol. The second-order valence-electron chi connectivity index (χ2n) is 4.93. The van der Waals surface area contributed by atoms with Gasteiger partial charge < -0.3 is 13.9 Å². The third-order valence-corrected chi connectivity index (χ3v) is 3.73. The van der Waals surface area contributed by atoms with Crippen molar-refractivity contribution in [3.8, 4) is 11.5 Å². The van der Waals surface area contributed by atoms with Crippen LogP contribution in [0.5, 0.6) is 11.5 Å². The Hall–Kier alpha value is -2.30. The van der Waals surface area contributed by atoms with E-state index in [1.165, 1.54) is 13.2 Å². The molecule has 2 aromatic rings. The molecule has 0 saturated heterocycles. The molecule has 3 rings (SSSR count). The molecule has 5 nitrogen and oxygen atoms in total.